The Balaban J connectivity index is 1.80. The third-order valence-electron chi connectivity index (χ3n) is 13.9. The van der Waals surface area contributed by atoms with Crippen molar-refractivity contribution in [1.82, 2.24) is 15.5 Å². The molecule has 0 aromatic heterocycles. The summed E-state index contributed by atoms with van der Waals surface area (Å²) in [6, 6.07) is -1.47. The first kappa shape index (κ1) is 54.3. The Morgan fingerprint density at radius 3 is 2.22 bits per heavy atom. The number of carbonyl (C=O) groups excluding carboxylic acids is 1. The molecule has 4 heterocycles. The van der Waals surface area contributed by atoms with Crippen LogP contribution in [0.15, 0.2) is 0 Å². The third-order valence-corrected chi connectivity index (χ3v) is 14.7. The fraction of sp³-hybridized carbons (Fsp3) is 0.976. The number of hydrogen-bond acceptors (Lipinski definition) is 17. The fourth-order valence-corrected chi connectivity index (χ4v) is 10.4. The molecule has 22 heteroatoms. The lowest BCUT2D eigenvalue weighted by atomic mass is 9.75. The zero-order valence-corrected chi connectivity index (χ0v) is 39.6. The molecule has 0 bridgehead atoms. The van der Waals surface area contributed by atoms with Crippen molar-refractivity contribution < 1.29 is 80.0 Å². The first-order valence-corrected chi connectivity index (χ1v) is 23.7. The Hall–Kier alpha value is -1.35. The van der Waals surface area contributed by atoms with Crippen LogP contribution >= 0.6 is 0 Å². The number of hydrogen-bond donors (Lipinski definition) is 7. The van der Waals surface area contributed by atoms with Crippen LogP contribution < -0.4 is 15.8 Å². The molecule has 4 aliphatic rings. The standard InChI is InChI=1S/C41H75F3N4O14S/c1-13-28-39(10,52)32(49)25(6)47-19-21(2)17-37(8,51)33(62-35-31-27(16-22(3)57-35)48(11)36(61-31)41(42,43)44)23(4)30(24(5)34(50)59-28)60-29-18-38(9,56-12)40(53,26(7)58-29)20-46-14-15-63(45,54)55/h21-33,35-36,46-47,49,51-53H,13-20H2,1-12H3,(H2,45,54,55)/t21-,22-,23+,24-,25-,26+,27+,28-,29+,30+,31-,32-,33-,35+,36?,37-,38-,39-,40+/m1/s1. The van der Waals surface area contributed by atoms with Crippen LogP contribution in [0.1, 0.15) is 94.9 Å². The van der Waals surface area contributed by atoms with Crippen LogP contribution in [0.5, 0.6) is 0 Å². The Labute approximate surface area is 370 Å². The number of carbonyl (C=O) groups is 1. The number of aliphatic hydroxyl groups excluding tert-OH is 1. The van der Waals surface area contributed by atoms with Crippen molar-refractivity contribution in [3.05, 3.63) is 0 Å². The molecule has 8 N–H and O–H groups in total. The van der Waals surface area contributed by atoms with Crippen LogP contribution in [-0.2, 0) is 48.0 Å². The number of methoxy groups -OCH3 is 1. The summed E-state index contributed by atoms with van der Waals surface area (Å²) in [5.74, 6) is -3.81. The summed E-state index contributed by atoms with van der Waals surface area (Å²) in [4.78, 5) is 15.5. The number of nitrogens with one attached hydrogen (secondary N) is 2. The monoisotopic (exact) mass is 936 g/mol. The number of cyclic esters (lactones) is 1. The van der Waals surface area contributed by atoms with Gasteiger partial charge in [0.15, 0.2) is 12.6 Å². The van der Waals surface area contributed by atoms with Gasteiger partial charge in [-0.15, -0.1) is 0 Å². The molecule has 0 aliphatic carbocycles. The molecule has 0 amide bonds. The highest BCUT2D eigenvalue weighted by atomic mass is 32.2. The quantitative estimate of drug-likeness (QED) is 0.113. The molecule has 4 rings (SSSR count). The van der Waals surface area contributed by atoms with E-state index in [0.29, 0.717) is 0 Å². The van der Waals surface area contributed by atoms with E-state index in [-0.39, 0.29) is 51.2 Å². The highest BCUT2D eigenvalue weighted by Crippen LogP contribution is 2.45. The second-order valence-corrected chi connectivity index (χ2v) is 21.0. The van der Waals surface area contributed by atoms with E-state index in [1.165, 1.54) is 34.9 Å². The van der Waals surface area contributed by atoms with Crippen molar-refractivity contribution >= 4 is 16.0 Å². The maximum absolute atomic E-state index is 14.4. The Morgan fingerprint density at radius 1 is 1.02 bits per heavy atom. The molecule has 0 saturated carbocycles. The molecule has 4 saturated heterocycles. The minimum atomic E-state index is -4.73. The molecular weight excluding hydrogens is 862 g/mol. The first-order valence-electron chi connectivity index (χ1n) is 21.9. The summed E-state index contributed by atoms with van der Waals surface area (Å²) in [5, 5.41) is 59.1. The van der Waals surface area contributed by atoms with E-state index in [2.05, 4.69) is 10.6 Å². The summed E-state index contributed by atoms with van der Waals surface area (Å²) in [7, 11) is -1.09. The predicted octanol–water partition coefficient (Wildman–Crippen LogP) is 1.10. The molecule has 0 spiro atoms. The van der Waals surface area contributed by atoms with Gasteiger partial charge in [-0.25, -0.2) is 13.6 Å². The highest BCUT2D eigenvalue weighted by Gasteiger charge is 2.60. The number of alkyl halides is 3. The third kappa shape index (κ3) is 12.2. The van der Waals surface area contributed by atoms with Gasteiger partial charge in [-0.3, -0.25) is 9.69 Å². The Bertz CT molecular complexity index is 1630. The van der Waals surface area contributed by atoms with Gasteiger partial charge in [-0.1, -0.05) is 20.8 Å². The maximum atomic E-state index is 14.4. The summed E-state index contributed by atoms with van der Waals surface area (Å²) in [6.07, 6.45) is -17.5. The van der Waals surface area contributed by atoms with Crippen molar-refractivity contribution in [2.75, 3.05) is 39.5 Å². The Kier molecular flexibility index (Phi) is 17.6. The number of likely N-dealkylation sites (N-methyl/N-ethyl adjacent to an activating group) is 1. The van der Waals surface area contributed by atoms with E-state index >= 15 is 0 Å². The van der Waals surface area contributed by atoms with Gasteiger partial charge in [-0.05, 0) is 87.2 Å². The topological polar surface area (TPSA) is 250 Å². The number of aliphatic hydroxyl groups is 4. The summed E-state index contributed by atoms with van der Waals surface area (Å²) >= 11 is 0. The Morgan fingerprint density at radius 2 is 1.65 bits per heavy atom. The van der Waals surface area contributed by atoms with Gasteiger partial charge in [0.1, 0.15) is 35.1 Å². The number of nitrogens with two attached hydrogens (primary N) is 1. The summed E-state index contributed by atoms with van der Waals surface area (Å²) in [5.41, 5.74) is -6.91. The molecule has 0 aromatic carbocycles. The SMILES string of the molecule is CC[C@H]1OC(=O)[C@H](C)[C@@H](O[C@H]2C[C@@](C)(OC)[C@](O)(CNCCS(N)(=O)=O)[C@H](C)O2)[C@H](C)[C@@H](O[C@@H]2O[C@H](C)C[C@H]3[C@H]2OC(C(F)(F)F)N3C)[C@](C)(O)C[C@@H](C)CN[C@H](C)[C@@H](O)[C@]1(C)O. The minimum Gasteiger partial charge on any atom is -0.459 e. The largest absolute Gasteiger partial charge is 0.459 e. The molecule has 1 unspecified atom stereocenters. The van der Waals surface area contributed by atoms with Gasteiger partial charge < -0.3 is 64.2 Å². The van der Waals surface area contributed by atoms with Crippen molar-refractivity contribution in [2.45, 2.75) is 197 Å². The number of esters is 1. The van der Waals surface area contributed by atoms with Crippen LogP contribution in [0, 0.1) is 17.8 Å². The number of rotatable bonds is 11. The van der Waals surface area contributed by atoms with Crippen LogP contribution in [-0.4, -0.2) is 181 Å². The molecule has 370 valence electrons. The highest BCUT2D eigenvalue weighted by molar-refractivity contribution is 7.89. The van der Waals surface area contributed by atoms with Crippen LogP contribution in [0.25, 0.3) is 0 Å². The lowest BCUT2D eigenvalue weighted by Crippen LogP contribution is -2.70. The van der Waals surface area contributed by atoms with E-state index in [9.17, 15) is 46.8 Å². The first-order chi connectivity index (χ1) is 28.8. The molecule has 63 heavy (non-hydrogen) atoms. The lowest BCUT2D eigenvalue weighted by molar-refractivity contribution is -0.336. The number of halogens is 3. The number of sulfonamides is 1. The average molecular weight is 937 g/mol. The van der Waals surface area contributed by atoms with Gasteiger partial charge in [0.2, 0.25) is 16.3 Å². The summed E-state index contributed by atoms with van der Waals surface area (Å²) < 4.78 is 109. The predicted molar refractivity (Wildman–Crippen MR) is 222 cm³/mol. The maximum Gasteiger partial charge on any atom is 0.428 e. The van der Waals surface area contributed by atoms with Crippen LogP contribution in [0.2, 0.25) is 0 Å². The van der Waals surface area contributed by atoms with Crippen molar-refractivity contribution in [1.29, 1.82) is 0 Å². The van der Waals surface area contributed by atoms with Gasteiger partial charge in [0, 0.05) is 44.6 Å². The molecule has 0 radical (unpaired) electrons. The molecule has 4 fully saturated rings. The van der Waals surface area contributed by atoms with E-state index in [1.807, 2.05) is 6.92 Å². The average Bonchev–Trinajstić information content (AvgIpc) is 3.52. The molecule has 18 nitrogen and oxygen atoms in total. The molecule has 0 aromatic rings. The second-order valence-electron chi connectivity index (χ2n) is 19.3. The fourth-order valence-electron chi connectivity index (χ4n) is 10.00. The summed E-state index contributed by atoms with van der Waals surface area (Å²) in [6.45, 7) is 16.2. The van der Waals surface area contributed by atoms with E-state index < -0.39 is 136 Å². The van der Waals surface area contributed by atoms with E-state index in [0.717, 1.165) is 4.90 Å². The van der Waals surface area contributed by atoms with Gasteiger partial charge in [-0.2, -0.15) is 13.2 Å². The van der Waals surface area contributed by atoms with Crippen molar-refractivity contribution in [3.63, 3.8) is 0 Å². The minimum absolute atomic E-state index is 0.0316. The lowest BCUT2D eigenvalue weighted by Gasteiger charge is -2.53. The van der Waals surface area contributed by atoms with Crippen LogP contribution in [0.3, 0.4) is 0 Å². The normalized spacial score (nSPS) is 46.7. The van der Waals surface area contributed by atoms with E-state index in [1.54, 1.807) is 41.5 Å². The van der Waals surface area contributed by atoms with Gasteiger partial charge >= 0.3 is 12.1 Å². The number of ether oxygens (including phenoxy) is 7. The molecule has 4 aliphatic heterocycles. The van der Waals surface area contributed by atoms with Gasteiger partial charge in [0.25, 0.3) is 0 Å². The number of fused-ring (bicyclic) bond motifs is 1. The van der Waals surface area contributed by atoms with Gasteiger partial charge in [0.05, 0.1) is 41.7 Å². The molecular formula is C41H75F3N4O14S. The smallest absolute Gasteiger partial charge is 0.428 e. The number of primary sulfonamides is 1. The van der Waals surface area contributed by atoms with Crippen molar-refractivity contribution in [3.8, 4) is 0 Å². The van der Waals surface area contributed by atoms with Crippen molar-refractivity contribution in [2.24, 2.45) is 22.9 Å². The second kappa shape index (κ2) is 20.5. The number of nitrogens with zero attached hydrogens (tertiary/aromatic N) is 1. The van der Waals surface area contributed by atoms with E-state index in [4.69, 9.17) is 38.3 Å². The molecule has 19 atom stereocenters. The van der Waals surface area contributed by atoms with Crippen LogP contribution in [0.4, 0.5) is 13.2 Å². The zero-order chi connectivity index (χ0) is 47.8. The zero-order valence-electron chi connectivity index (χ0n) is 38.8.